The number of alkyl halides is 1. The summed E-state index contributed by atoms with van der Waals surface area (Å²) < 4.78 is 53.5. The van der Waals surface area contributed by atoms with Crippen LogP contribution in [0.3, 0.4) is 0 Å². The summed E-state index contributed by atoms with van der Waals surface area (Å²) in [7, 11) is -3.17. The lowest BCUT2D eigenvalue weighted by atomic mass is 10.0. The second kappa shape index (κ2) is 16.4. The molecule has 0 spiro atoms. The van der Waals surface area contributed by atoms with Crippen LogP contribution in [0.15, 0.2) is 45.6 Å². The number of carbonyl (C=O) groups excluding carboxylic acids is 1. The molecule has 11 heteroatoms. The fourth-order valence-corrected chi connectivity index (χ4v) is 4.27. The number of ether oxygens (including phenoxy) is 1. The van der Waals surface area contributed by atoms with Crippen molar-refractivity contribution in [1.82, 2.24) is 4.31 Å². The van der Waals surface area contributed by atoms with Gasteiger partial charge in [0.25, 0.3) is 0 Å². The van der Waals surface area contributed by atoms with Crippen LogP contribution in [0, 0.1) is 0 Å². The molecule has 0 bridgehead atoms. The number of piperidine rings is 1. The summed E-state index contributed by atoms with van der Waals surface area (Å²) in [5.41, 5.74) is 1.82. The summed E-state index contributed by atoms with van der Waals surface area (Å²) in [6.45, 7) is 11.0. The summed E-state index contributed by atoms with van der Waals surface area (Å²) in [4.78, 5) is 13.9. The van der Waals surface area contributed by atoms with Gasteiger partial charge < -0.3 is 4.74 Å². The van der Waals surface area contributed by atoms with Crippen LogP contribution >= 0.6 is 31.9 Å². The van der Waals surface area contributed by atoms with Gasteiger partial charge in [-0.1, -0.05) is 58.4 Å². The Labute approximate surface area is 219 Å². The molecule has 194 valence electrons. The Kier molecular flexibility index (Phi) is 15.8. The molecule has 1 amide bonds. The summed E-state index contributed by atoms with van der Waals surface area (Å²) in [6, 6.07) is 5.71. The Morgan fingerprint density at radius 1 is 1.29 bits per heavy atom. The van der Waals surface area contributed by atoms with Crippen molar-refractivity contribution >= 4 is 53.7 Å². The molecule has 0 atom stereocenters. The van der Waals surface area contributed by atoms with E-state index in [0.29, 0.717) is 30.4 Å². The van der Waals surface area contributed by atoms with Crippen molar-refractivity contribution in [3.05, 3.63) is 51.2 Å². The molecule has 6 nitrogen and oxygen atoms in total. The fraction of sp³-hybridized carbons (Fsp3) is 0.522. The number of amides is 1. The van der Waals surface area contributed by atoms with Gasteiger partial charge in [-0.25, -0.2) is 26.3 Å². The normalized spacial score (nSPS) is 16.4. The van der Waals surface area contributed by atoms with Crippen LogP contribution in [-0.4, -0.2) is 50.9 Å². The van der Waals surface area contributed by atoms with Crippen LogP contribution < -0.4 is 4.90 Å². The number of nitrogens with zero attached hydrogens (tertiary/aromatic N) is 2. The van der Waals surface area contributed by atoms with Gasteiger partial charge in [-0.2, -0.15) is 0 Å². The maximum absolute atomic E-state index is 12.2. The third-order valence-corrected chi connectivity index (χ3v) is 6.66. The molecular formula is C23H34Br2F2N2O4S. The smallest absolute Gasteiger partial charge is 0.414 e. The average molecular weight is 632 g/mol. The van der Waals surface area contributed by atoms with E-state index in [1.807, 2.05) is 32.0 Å². The van der Waals surface area contributed by atoms with Gasteiger partial charge in [0.15, 0.2) is 0 Å². The van der Waals surface area contributed by atoms with Crippen LogP contribution in [0.5, 0.6) is 0 Å². The van der Waals surface area contributed by atoms with E-state index in [4.69, 9.17) is 4.74 Å². The Balaban J connectivity index is 0.000000761. The number of fused-ring (bicyclic) bond motifs is 1. The Bertz CT molecular complexity index is 931. The molecule has 0 aliphatic carbocycles. The number of rotatable bonds is 3. The van der Waals surface area contributed by atoms with Gasteiger partial charge in [0.2, 0.25) is 10.0 Å². The van der Waals surface area contributed by atoms with Crippen molar-refractivity contribution in [1.29, 1.82) is 0 Å². The van der Waals surface area contributed by atoms with Crippen molar-refractivity contribution in [3.8, 4) is 0 Å². The highest BCUT2D eigenvalue weighted by Gasteiger charge is 2.35. The highest BCUT2D eigenvalue weighted by molar-refractivity contribution is 9.11. The minimum Gasteiger partial charge on any atom is -0.444 e. The quantitative estimate of drug-likeness (QED) is 0.357. The number of benzene rings is 1. The van der Waals surface area contributed by atoms with Gasteiger partial charge >= 0.3 is 6.09 Å². The van der Waals surface area contributed by atoms with Gasteiger partial charge in [0.1, 0.15) is 13.3 Å². The minimum atomic E-state index is -3.17. The topological polar surface area (TPSA) is 66.9 Å². The summed E-state index contributed by atoms with van der Waals surface area (Å²) in [5, 5.41) is 0. The van der Waals surface area contributed by atoms with Gasteiger partial charge in [-0.3, -0.25) is 4.90 Å². The van der Waals surface area contributed by atoms with E-state index in [1.165, 1.54) is 23.6 Å². The molecule has 0 radical (unpaired) electrons. The molecule has 0 aromatic heterocycles. The monoisotopic (exact) mass is 630 g/mol. The third-order valence-electron chi connectivity index (χ3n) is 4.65. The number of halogens is 4. The predicted octanol–water partition coefficient (Wildman–Crippen LogP) is 7.10. The molecule has 2 aliphatic heterocycles. The highest BCUT2D eigenvalue weighted by Crippen LogP contribution is 2.33. The van der Waals surface area contributed by atoms with Crippen molar-refractivity contribution < 1.29 is 26.7 Å². The van der Waals surface area contributed by atoms with Crippen molar-refractivity contribution in [2.45, 2.75) is 53.2 Å². The van der Waals surface area contributed by atoms with E-state index in [2.05, 4.69) is 38.4 Å². The van der Waals surface area contributed by atoms with Gasteiger partial charge in [-0.15, -0.1) is 0 Å². The summed E-state index contributed by atoms with van der Waals surface area (Å²) in [5.74, 6) is -0.120. The van der Waals surface area contributed by atoms with E-state index in [1.54, 1.807) is 11.8 Å². The van der Waals surface area contributed by atoms with Crippen LogP contribution in [0.4, 0.5) is 19.3 Å². The van der Waals surface area contributed by atoms with Crippen molar-refractivity contribution in [2.75, 3.05) is 30.9 Å². The second-order valence-electron chi connectivity index (χ2n) is 7.12. The Hall–Kier alpha value is -1.30. The van der Waals surface area contributed by atoms with Crippen LogP contribution in [0.25, 0.3) is 0 Å². The number of allylic oxidation sites excluding steroid dienone is 3. The van der Waals surface area contributed by atoms with Gasteiger partial charge in [0.05, 0.1) is 17.8 Å². The highest BCUT2D eigenvalue weighted by atomic mass is 79.9. The zero-order valence-electron chi connectivity index (χ0n) is 20.3. The molecule has 1 aromatic carbocycles. The molecule has 0 unspecified atom stereocenters. The Morgan fingerprint density at radius 3 is 2.21 bits per heavy atom. The van der Waals surface area contributed by atoms with E-state index in [-0.39, 0.29) is 24.6 Å². The lowest BCUT2D eigenvalue weighted by Gasteiger charge is -2.39. The van der Waals surface area contributed by atoms with Crippen LogP contribution in [0.1, 0.15) is 46.1 Å². The first-order valence-corrected chi connectivity index (χ1v) is 14.2. The standard InChI is InChI=1S/C14H17BrN2O4S.C4H7F.C3H4BrF.C2H6/c1-22(19,20)16-6-4-12(5-7-16)17-13-3-2-11(15)8-10(13)9-21-14(17)18;1-3-4(2)5;1-3(4)2-5;1-2/h2-3,8,12H,4-7,9H2,1H3;3H,1-2H3;1-2H2;1-2H3/b;4-3+;;. The molecular weight excluding hydrogens is 598 g/mol. The molecule has 2 aliphatic rings. The molecule has 34 heavy (non-hydrogen) atoms. The second-order valence-corrected chi connectivity index (χ2v) is 11.1. The maximum atomic E-state index is 12.2. The van der Waals surface area contributed by atoms with E-state index < -0.39 is 16.7 Å². The molecule has 1 saturated heterocycles. The van der Waals surface area contributed by atoms with Crippen LogP contribution in [0.2, 0.25) is 0 Å². The first-order chi connectivity index (χ1) is 15.9. The number of carbonyl (C=O) groups is 1. The number of sulfonamides is 1. The largest absolute Gasteiger partial charge is 0.444 e. The zero-order valence-corrected chi connectivity index (χ0v) is 24.3. The molecule has 1 fully saturated rings. The number of anilines is 1. The first-order valence-electron chi connectivity index (χ1n) is 10.8. The van der Waals surface area contributed by atoms with E-state index in [9.17, 15) is 22.0 Å². The lowest BCUT2D eigenvalue weighted by Crippen LogP contribution is -2.50. The van der Waals surface area contributed by atoms with Crippen molar-refractivity contribution in [3.63, 3.8) is 0 Å². The molecule has 2 heterocycles. The van der Waals surface area contributed by atoms with Crippen LogP contribution in [-0.2, 0) is 21.4 Å². The maximum Gasteiger partial charge on any atom is 0.414 e. The number of cyclic esters (lactones) is 1. The first kappa shape index (κ1) is 32.7. The zero-order chi connectivity index (χ0) is 26.5. The summed E-state index contributed by atoms with van der Waals surface area (Å²) in [6.07, 6.45) is 3.50. The number of hydrogen-bond acceptors (Lipinski definition) is 4. The molecule has 3 rings (SSSR count). The van der Waals surface area contributed by atoms with Crippen molar-refractivity contribution in [2.24, 2.45) is 0 Å². The molecule has 0 N–H and O–H groups in total. The summed E-state index contributed by atoms with van der Waals surface area (Å²) >= 11 is 6.22. The minimum absolute atomic E-state index is 0.0364. The molecule has 1 aromatic rings. The van der Waals surface area contributed by atoms with Gasteiger partial charge in [0, 0.05) is 33.6 Å². The number of hydrogen-bond donors (Lipinski definition) is 0. The fourth-order valence-electron chi connectivity index (χ4n) is 2.99. The van der Waals surface area contributed by atoms with E-state index in [0.717, 1.165) is 15.7 Å². The predicted molar refractivity (Wildman–Crippen MR) is 142 cm³/mol. The third kappa shape index (κ3) is 11.4. The Morgan fingerprint density at radius 2 is 1.79 bits per heavy atom. The molecule has 0 saturated carbocycles. The average Bonchev–Trinajstić information content (AvgIpc) is 2.80. The van der Waals surface area contributed by atoms with Gasteiger partial charge in [-0.05, 0) is 44.9 Å². The van der Waals surface area contributed by atoms with E-state index >= 15 is 0 Å². The SMILES string of the molecule is C/C=C(\C)F.C=C(Br)CF.CC.CS(=O)(=O)N1CCC(N2C(=O)OCc3cc(Br)ccc32)CC1. The lowest BCUT2D eigenvalue weighted by molar-refractivity contribution is 0.136.